The average molecular weight is 1010 g/mol. The SMILES string of the molecule is COc1nn(C)cc1Nc1ncc(C)c(-c2[nH]nc3c(NC(=O)[C@H](C)N4CCN(C)CC4)cccc23)n1.COc1nn(C)cc1Nc1ncc(C)c(-c2c[nH]c3c(NC(=O)[C@H](C)N4CCN(C)CC4)ccnc23)n1. The molecule has 2 atom stereocenters. The van der Waals surface area contributed by atoms with Gasteiger partial charge in [0.2, 0.25) is 23.7 Å². The van der Waals surface area contributed by atoms with Crippen LogP contribution in [0, 0.1) is 13.8 Å². The van der Waals surface area contributed by atoms with Crippen LogP contribution in [-0.2, 0) is 23.7 Å². The van der Waals surface area contributed by atoms with Gasteiger partial charge in [-0.1, -0.05) is 12.1 Å². The number of aromatic amines is 2. The number of ether oxygens (including phenoxy) is 2. The lowest BCUT2D eigenvalue weighted by atomic mass is 10.1. The summed E-state index contributed by atoms with van der Waals surface area (Å²) in [4.78, 5) is 61.4. The summed E-state index contributed by atoms with van der Waals surface area (Å²) < 4.78 is 13.9. The van der Waals surface area contributed by atoms with Crippen molar-refractivity contribution >= 4 is 68.4 Å². The molecular formula is C50H64N20O4. The summed E-state index contributed by atoms with van der Waals surface area (Å²) in [5.74, 6) is 1.63. The lowest BCUT2D eigenvalue weighted by molar-refractivity contribution is -0.122. The Morgan fingerprint density at radius 3 is 1.73 bits per heavy atom. The summed E-state index contributed by atoms with van der Waals surface area (Å²) in [6, 6.07) is 7.10. The summed E-state index contributed by atoms with van der Waals surface area (Å²) >= 11 is 0. The summed E-state index contributed by atoms with van der Waals surface area (Å²) in [6.07, 6.45) is 10.7. The largest absolute Gasteiger partial charge is 0.478 e. The molecular weight excluding hydrogens is 945 g/mol. The molecule has 0 radical (unpaired) electrons. The van der Waals surface area contributed by atoms with Crippen molar-refractivity contribution in [1.82, 2.24) is 79.3 Å². The first-order valence-electron chi connectivity index (χ1n) is 24.4. The zero-order chi connectivity index (χ0) is 52.2. The van der Waals surface area contributed by atoms with Gasteiger partial charge in [-0.05, 0) is 65.0 Å². The van der Waals surface area contributed by atoms with E-state index in [4.69, 9.17) is 19.4 Å². The number of carbonyl (C=O) groups is 2. The van der Waals surface area contributed by atoms with E-state index < -0.39 is 0 Å². The molecule has 388 valence electrons. The molecule has 10 rings (SSSR count). The lowest BCUT2D eigenvalue weighted by Gasteiger charge is -2.35. The Kier molecular flexibility index (Phi) is 15.1. The van der Waals surface area contributed by atoms with Gasteiger partial charge in [0.25, 0.3) is 11.8 Å². The number of aromatic nitrogens is 12. The number of likely N-dealkylation sites (N-methyl/N-ethyl adjacent to an activating group) is 2. The van der Waals surface area contributed by atoms with Crippen LogP contribution in [0.2, 0.25) is 0 Å². The van der Waals surface area contributed by atoms with Crippen LogP contribution in [0.25, 0.3) is 44.6 Å². The van der Waals surface area contributed by atoms with Crippen molar-refractivity contribution in [3.05, 3.63) is 72.6 Å². The molecule has 0 spiro atoms. The number of H-pyrrole nitrogens is 2. The van der Waals surface area contributed by atoms with Gasteiger partial charge in [-0.15, -0.1) is 10.2 Å². The number of aryl methyl sites for hydroxylation is 4. The molecule has 2 amide bonds. The van der Waals surface area contributed by atoms with E-state index in [-0.39, 0.29) is 23.9 Å². The van der Waals surface area contributed by atoms with E-state index in [9.17, 15) is 9.59 Å². The second-order valence-corrected chi connectivity index (χ2v) is 18.7. The topological polar surface area (TPSA) is 258 Å². The van der Waals surface area contributed by atoms with Crippen LogP contribution < -0.4 is 30.7 Å². The monoisotopic (exact) mass is 1010 g/mol. The van der Waals surface area contributed by atoms with Crippen LogP contribution in [0.5, 0.6) is 11.8 Å². The highest BCUT2D eigenvalue weighted by Gasteiger charge is 2.27. The Labute approximate surface area is 428 Å². The lowest BCUT2D eigenvalue weighted by Crippen LogP contribution is -2.51. The molecule has 7 aromatic heterocycles. The molecule has 2 saturated heterocycles. The number of hydrogen-bond donors (Lipinski definition) is 6. The summed E-state index contributed by atoms with van der Waals surface area (Å²) in [5.41, 5.74) is 9.60. The first-order valence-corrected chi connectivity index (χ1v) is 24.4. The first kappa shape index (κ1) is 50.9. The number of carbonyl (C=O) groups excluding carboxylic acids is 2. The first-order chi connectivity index (χ1) is 35.7. The summed E-state index contributed by atoms with van der Waals surface area (Å²) in [5, 5.41) is 29.6. The average Bonchev–Trinajstić information content (AvgIpc) is 4.21. The summed E-state index contributed by atoms with van der Waals surface area (Å²) in [6.45, 7) is 15.1. The molecule has 2 aliphatic heterocycles. The minimum atomic E-state index is -0.232. The molecule has 8 aromatic rings. The second-order valence-electron chi connectivity index (χ2n) is 18.7. The number of anilines is 6. The molecule has 74 heavy (non-hydrogen) atoms. The van der Waals surface area contributed by atoms with Crippen LogP contribution in [0.4, 0.5) is 34.6 Å². The van der Waals surface area contributed by atoms with Gasteiger partial charge in [-0.25, -0.2) is 19.9 Å². The zero-order valence-electron chi connectivity index (χ0n) is 43.5. The third kappa shape index (κ3) is 11.0. The fraction of sp³-hybridized carbons (Fsp3) is 0.400. The molecule has 2 aliphatic rings. The highest BCUT2D eigenvalue weighted by Crippen LogP contribution is 2.35. The Morgan fingerprint density at radius 2 is 1.18 bits per heavy atom. The number of benzene rings is 1. The molecule has 24 heteroatoms. The van der Waals surface area contributed by atoms with Gasteiger partial charge in [-0.2, -0.15) is 5.10 Å². The Bertz CT molecular complexity index is 3060. The molecule has 2 fully saturated rings. The number of nitrogens with zero attached hydrogens (tertiary/aromatic N) is 14. The van der Waals surface area contributed by atoms with Gasteiger partial charge in [0, 0.05) is 102 Å². The van der Waals surface area contributed by atoms with Crippen molar-refractivity contribution in [3.8, 4) is 34.4 Å². The van der Waals surface area contributed by atoms with E-state index in [2.05, 4.69) is 95.3 Å². The molecule has 1 aromatic carbocycles. The van der Waals surface area contributed by atoms with Gasteiger partial charge in [0.1, 0.15) is 16.9 Å². The number of fused-ring (bicyclic) bond motifs is 2. The highest BCUT2D eigenvalue weighted by molar-refractivity contribution is 6.06. The molecule has 0 bridgehead atoms. The maximum atomic E-state index is 13.1. The van der Waals surface area contributed by atoms with E-state index in [1.807, 2.05) is 72.3 Å². The van der Waals surface area contributed by atoms with Crippen LogP contribution >= 0.6 is 0 Å². The van der Waals surface area contributed by atoms with Crippen LogP contribution in [0.1, 0.15) is 25.0 Å². The predicted molar refractivity (Wildman–Crippen MR) is 284 cm³/mol. The van der Waals surface area contributed by atoms with Gasteiger partial charge < -0.3 is 45.5 Å². The van der Waals surface area contributed by atoms with Crippen molar-refractivity contribution in [1.29, 1.82) is 0 Å². The maximum absolute atomic E-state index is 13.1. The minimum Gasteiger partial charge on any atom is -0.478 e. The van der Waals surface area contributed by atoms with Gasteiger partial charge in [-0.3, -0.25) is 38.8 Å². The number of methoxy groups -OCH3 is 2. The van der Waals surface area contributed by atoms with Crippen LogP contribution in [0.3, 0.4) is 0 Å². The summed E-state index contributed by atoms with van der Waals surface area (Å²) in [7, 11) is 11.0. The van der Waals surface area contributed by atoms with E-state index in [0.29, 0.717) is 57.6 Å². The van der Waals surface area contributed by atoms with E-state index in [1.54, 1.807) is 54.6 Å². The fourth-order valence-electron chi connectivity index (χ4n) is 9.03. The van der Waals surface area contributed by atoms with Crippen molar-refractivity contribution in [2.24, 2.45) is 14.1 Å². The van der Waals surface area contributed by atoms with Crippen LogP contribution in [0.15, 0.2) is 61.4 Å². The number of hydrogen-bond acceptors (Lipinski definition) is 18. The number of amides is 2. The van der Waals surface area contributed by atoms with Crippen molar-refractivity contribution in [2.75, 3.05) is 102 Å². The number of pyridine rings is 1. The molecule has 0 saturated carbocycles. The van der Waals surface area contributed by atoms with Crippen molar-refractivity contribution in [2.45, 2.75) is 39.8 Å². The Hall–Kier alpha value is -8.06. The van der Waals surface area contributed by atoms with Gasteiger partial charge in [0.15, 0.2) is 0 Å². The van der Waals surface area contributed by atoms with E-state index in [0.717, 1.165) is 96.9 Å². The molecule has 0 unspecified atom stereocenters. The van der Waals surface area contributed by atoms with Crippen molar-refractivity contribution in [3.63, 3.8) is 0 Å². The van der Waals surface area contributed by atoms with Gasteiger partial charge >= 0.3 is 0 Å². The minimum absolute atomic E-state index is 0.0386. The van der Waals surface area contributed by atoms with E-state index in [1.165, 1.54) is 0 Å². The fourth-order valence-corrected chi connectivity index (χ4v) is 9.03. The predicted octanol–water partition coefficient (Wildman–Crippen LogP) is 4.78. The van der Waals surface area contributed by atoms with Crippen LogP contribution in [-0.4, -0.2) is 184 Å². The number of piperazine rings is 2. The van der Waals surface area contributed by atoms with E-state index >= 15 is 0 Å². The molecule has 6 N–H and O–H groups in total. The number of para-hydroxylation sites is 1. The smallest absolute Gasteiger partial charge is 0.256 e. The quantitative estimate of drug-likeness (QED) is 0.0857. The zero-order valence-corrected chi connectivity index (χ0v) is 43.5. The molecule has 0 aliphatic carbocycles. The van der Waals surface area contributed by atoms with Gasteiger partial charge in [0.05, 0.1) is 78.2 Å². The Balaban J connectivity index is 0.000000182. The third-order valence-corrected chi connectivity index (χ3v) is 13.5. The molecule has 9 heterocycles. The standard InChI is InChI=1S/2C25H32N10O2/c1-15-12-28-25(30-19-14-34(4)32-24(19)37-5)31-20(15)17-13-27-22-18(6-7-26-21(17)22)29-23(36)16(2)35-10-8-33(3)9-11-35;1-15-13-26-25(28-19-14-34(4)32-24(19)37-5)29-20(15)22-17-7-6-8-18(21(17)30-31-22)27-23(36)16(2)35-11-9-33(3)10-12-35/h6-7,12-14,16,27H,8-11H2,1-5H3,(H,26,29,36)(H,28,30,31);6-8,13-14,16H,9-12H2,1-5H3,(H,27,36)(H,30,31)(H,26,28,29)/t2*16-/m00/s1. The highest BCUT2D eigenvalue weighted by atomic mass is 16.5. The molecule has 24 nitrogen and oxygen atoms in total. The Morgan fingerprint density at radius 1 is 0.649 bits per heavy atom. The second kappa shape index (κ2) is 22.0. The third-order valence-electron chi connectivity index (χ3n) is 13.5. The number of rotatable bonds is 14. The number of nitrogens with one attached hydrogen (secondary N) is 6. The van der Waals surface area contributed by atoms with Crippen molar-refractivity contribution < 1.29 is 19.1 Å². The normalized spacial score (nSPS) is 15.6. The maximum Gasteiger partial charge on any atom is 0.256 e.